The largest absolute Gasteiger partial charge is 0.326 e. The zero-order valence-electron chi connectivity index (χ0n) is 10.0. The van der Waals surface area contributed by atoms with Crippen molar-refractivity contribution in [3.05, 3.63) is 34.7 Å². The van der Waals surface area contributed by atoms with Crippen LogP contribution in [0.25, 0.3) is 5.57 Å². The molecule has 0 amide bonds. The molecular weight excluding hydrogens is 248 g/mol. The molecule has 4 nitrogen and oxygen atoms in total. The fraction of sp³-hybridized carbons (Fsp3) is 0.385. The van der Waals surface area contributed by atoms with E-state index in [9.17, 15) is 8.42 Å². The van der Waals surface area contributed by atoms with Crippen LogP contribution in [0, 0.1) is 0 Å². The first-order chi connectivity index (χ1) is 8.60. The molecule has 1 aromatic rings. The number of hydrogen-bond donors (Lipinski definition) is 2. The molecule has 1 aromatic carbocycles. The van der Waals surface area contributed by atoms with Gasteiger partial charge in [-0.2, -0.15) is 0 Å². The summed E-state index contributed by atoms with van der Waals surface area (Å²) in [7, 11) is -3.27. The molecule has 0 aromatic heterocycles. The number of benzene rings is 1. The van der Waals surface area contributed by atoms with Crippen LogP contribution in [0.1, 0.15) is 24.0 Å². The molecule has 0 radical (unpaired) electrons. The van der Waals surface area contributed by atoms with Gasteiger partial charge in [0.05, 0.1) is 4.90 Å². The van der Waals surface area contributed by atoms with Crippen LogP contribution in [0.3, 0.4) is 0 Å². The van der Waals surface area contributed by atoms with Crippen LogP contribution in [0.4, 0.5) is 0 Å². The molecule has 3 rings (SSSR count). The molecule has 3 N–H and O–H groups in total. The van der Waals surface area contributed by atoms with Crippen LogP contribution in [-0.2, 0) is 16.4 Å². The first-order valence-corrected chi connectivity index (χ1v) is 7.67. The third-order valence-corrected chi connectivity index (χ3v) is 4.94. The predicted molar refractivity (Wildman–Crippen MR) is 70.5 cm³/mol. The normalized spacial score (nSPS) is 20.6. The topological polar surface area (TPSA) is 72.2 Å². The molecule has 1 aliphatic heterocycles. The van der Waals surface area contributed by atoms with Crippen molar-refractivity contribution in [2.75, 3.05) is 6.54 Å². The summed E-state index contributed by atoms with van der Waals surface area (Å²) in [6.07, 6.45) is 2.39. The zero-order valence-corrected chi connectivity index (χ0v) is 10.8. The van der Waals surface area contributed by atoms with Crippen LogP contribution in [0.15, 0.2) is 28.5 Å². The minimum atomic E-state index is -3.27. The summed E-state index contributed by atoms with van der Waals surface area (Å²) in [4.78, 5) is 0.401. The molecule has 96 valence electrons. The number of hydrogen-bond acceptors (Lipinski definition) is 4. The second-order valence-corrected chi connectivity index (χ2v) is 6.64. The summed E-state index contributed by atoms with van der Waals surface area (Å²) in [5.41, 5.74) is 8.08. The van der Waals surface area contributed by atoms with Gasteiger partial charge in [-0.1, -0.05) is 12.1 Å². The molecular formula is C13H16N2O2S. The van der Waals surface area contributed by atoms with Crippen molar-refractivity contribution in [3.8, 4) is 0 Å². The van der Waals surface area contributed by atoms with Gasteiger partial charge in [0.1, 0.15) is 0 Å². The Morgan fingerprint density at radius 3 is 2.78 bits per heavy atom. The average Bonchev–Trinajstić information content (AvgIpc) is 3.14. The van der Waals surface area contributed by atoms with Gasteiger partial charge in [0.15, 0.2) is 0 Å². The molecule has 0 saturated heterocycles. The lowest BCUT2D eigenvalue weighted by molar-refractivity contribution is 0.605. The van der Waals surface area contributed by atoms with E-state index in [2.05, 4.69) is 5.32 Å². The van der Waals surface area contributed by atoms with Crippen molar-refractivity contribution < 1.29 is 8.42 Å². The van der Waals surface area contributed by atoms with E-state index in [-0.39, 0.29) is 0 Å². The van der Waals surface area contributed by atoms with E-state index < -0.39 is 9.84 Å². The maximum atomic E-state index is 12.0. The number of nitrogens with two attached hydrogens (primary N) is 1. The van der Waals surface area contributed by atoms with Crippen molar-refractivity contribution in [1.29, 1.82) is 0 Å². The lowest BCUT2D eigenvalue weighted by atomic mass is 10.1. The van der Waals surface area contributed by atoms with E-state index >= 15 is 0 Å². The maximum Gasteiger partial charge on any atom is 0.200 e. The Bertz CT molecular complexity index is 616. The minimum Gasteiger partial charge on any atom is -0.326 e. The van der Waals surface area contributed by atoms with Gasteiger partial charge < -0.3 is 11.1 Å². The summed E-state index contributed by atoms with van der Waals surface area (Å²) < 4.78 is 24.1. The quantitative estimate of drug-likeness (QED) is 0.852. The lowest BCUT2D eigenvalue weighted by Crippen LogP contribution is -2.18. The van der Waals surface area contributed by atoms with Gasteiger partial charge in [0.2, 0.25) is 9.84 Å². The van der Waals surface area contributed by atoms with Crippen LogP contribution >= 0.6 is 0 Å². The Morgan fingerprint density at radius 2 is 2.11 bits per heavy atom. The Hall–Kier alpha value is -1.17. The molecule has 0 unspecified atom stereocenters. The van der Waals surface area contributed by atoms with Crippen LogP contribution in [0.5, 0.6) is 0 Å². The number of fused-ring (bicyclic) bond motifs is 1. The fourth-order valence-corrected chi connectivity index (χ4v) is 3.72. The van der Waals surface area contributed by atoms with Gasteiger partial charge >= 0.3 is 0 Å². The minimum absolute atomic E-state index is 0.360. The monoisotopic (exact) mass is 264 g/mol. The molecule has 5 heteroatoms. The van der Waals surface area contributed by atoms with Gasteiger partial charge in [-0.3, -0.25) is 0 Å². The summed E-state index contributed by atoms with van der Waals surface area (Å²) in [5, 5.41) is 4.73. The third-order valence-electron chi connectivity index (χ3n) is 3.39. The molecule has 1 saturated carbocycles. The predicted octanol–water partition coefficient (Wildman–Crippen LogP) is 1.03. The third kappa shape index (κ3) is 2.09. The Morgan fingerprint density at radius 1 is 1.33 bits per heavy atom. The molecule has 0 bridgehead atoms. The maximum absolute atomic E-state index is 12.0. The molecule has 2 aliphatic rings. The summed E-state index contributed by atoms with van der Waals surface area (Å²) in [5.74, 6) is 0. The van der Waals surface area contributed by atoms with Gasteiger partial charge in [0, 0.05) is 24.5 Å². The Labute approximate surface area is 107 Å². The second-order valence-electron chi connectivity index (χ2n) is 4.88. The summed E-state index contributed by atoms with van der Waals surface area (Å²) in [6.45, 7) is 0.983. The number of sulfone groups is 1. The highest BCUT2D eigenvalue weighted by Gasteiger charge is 2.28. The van der Waals surface area contributed by atoms with Crippen LogP contribution < -0.4 is 11.1 Å². The first-order valence-electron chi connectivity index (χ1n) is 6.12. The molecule has 1 fully saturated rings. The first kappa shape index (κ1) is 11.9. The van der Waals surface area contributed by atoms with Gasteiger partial charge in [-0.25, -0.2) is 8.42 Å². The van der Waals surface area contributed by atoms with E-state index in [0.717, 1.165) is 16.7 Å². The Balaban J connectivity index is 1.94. The van der Waals surface area contributed by atoms with Gasteiger partial charge in [-0.05, 0) is 35.6 Å². The van der Waals surface area contributed by atoms with Crippen LogP contribution in [-0.4, -0.2) is 21.0 Å². The molecule has 0 atom stereocenters. The standard InChI is InChI=1S/C13H16N2O2S/c14-6-9-1-4-12-10(7-15-11-2-3-11)8-18(16,17)13(12)5-9/h1,4-5,8,11,15H,2-3,6-7,14H2. The van der Waals surface area contributed by atoms with Crippen molar-refractivity contribution in [2.45, 2.75) is 30.3 Å². The molecule has 18 heavy (non-hydrogen) atoms. The van der Waals surface area contributed by atoms with Gasteiger partial charge in [0.25, 0.3) is 0 Å². The van der Waals surface area contributed by atoms with Crippen molar-refractivity contribution in [3.63, 3.8) is 0 Å². The van der Waals surface area contributed by atoms with Crippen molar-refractivity contribution in [2.24, 2.45) is 5.73 Å². The second kappa shape index (κ2) is 4.19. The highest BCUT2D eigenvalue weighted by molar-refractivity contribution is 7.95. The van der Waals surface area contributed by atoms with Gasteiger partial charge in [-0.15, -0.1) is 0 Å². The Kier molecular flexibility index (Phi) is 2.77. The number of nitrogens with one attached hydrogen (secondary N) is 1. The molecule has 1 heterocycles. The van der Waals surface area contributed by atoms with Crippen molar-refractivity contribution >= 4 is 15.4 Å². The van der Waals surface area contributed by atoms with E-state index in [1.165, 1.54) is 18.2 Å². The highest BCUT2D eigenvalue weighted by Crippen LogP contribution is 2.34. The van der Waals surface area contributed by atoms with Crippen LogP contribution in [0.2, 0.25) is 0 Å². The highest BCUT2D eigenvalue weighted by atomic mass is 32.2. The molecule has 0 spiro atoms. The lowest BCUT2D eigenvalue weighted by Gasteiger charge is -2.06. The smallest absolute Gasteiger partial charge is 0.200 e. The molecule has 1 aliphatic carbocycles. The zero-order chi connectivity index (χ0) is 12.8. The summed E-state index contributed by atoms with van der Waals surface area (Å²) in [6, 6.07) is 6.01. The summed E-state index contributed by atoms with van der Waals surface area (Å²) >= 11 is 0. The average molecular weight is 264 g/mol. The van der Waals surface area contributed by atoms with E-state index in [1.807, 2.05) is 12.1 Å². The number of rotatable bonds is 4. The fourth-order valence-electron chi connectivity index (χ4n) is 2.19. The van der Waals surface area contributed by atoms with E-state index in [1.54, 1.807) is 6.07 Å². The SMILES string of the molecule is NCc1ccc2c(c1)S(=O)(=O)C=C2CNC1CC1. The van der Waals surface area contributed by atoms with Crippen molar-refractivity contribution in [1.82, 2.24) is 5.32 Å². The van der Waals surface area contributed by atoms with E-state index in [0.29, 0.717) is 24.0 Å². The van der Waals surface area contributed by atoms with E-state index in [4.69, 9.17) is 5.73 Å².